The number of Topliss-reactive ketones (excluding diaryl/α,β-unsaturated/α-hetero) is 1. The molecule has 0 saturated carbocycles. The molecule has 82 valence electrons. The number of halogens is 6. The zero-order valence-electron chi connectivity index (χ0n) is 6.11. The maximum absolute atomic E-state index is 12.1. The number of hydrogen-bond donors (Lipinski definition) is 1. The van der Waals surface area contributed by atoms with Crippen LogP contribution in [0.5, 0.6) is 0 Å². The van der Waals surface area contributed by atoms with Gasteiger partial charge in [0, 0.05) is 0 Å². The monoisotopic (exact) mass is 240 g/mol. The van der Waals surface area contributed by atoms with Crippen LogP contribution in [0.1, 0.15) is 0 Å². The number of rotatable bonds is 3. The van der Waals surface area contributed by atoms with E-state index in [1.54, 1.807) is 0 Å². The first-order valence-corrected chi connectivity index (χ1v) is 3.31. The minimum atomic E-state index is -6.15. The van der Waals surface area contributed by atoms with Gasteiger partial charge in [0.25, 0.3) is 0 Å². The Morgan fingerprint density at radius 3 is 1.71 bits per heavy atom. The first-order chi connectivity index (χ1) is 6.01. The third-order valence-electron chi connectivity index (χ3n) is 1.11. The van der Waals surface area contributed by atoms with E-state index in [1.165, 1.54) is 0 Å². The molecule has 3 nitrogen and oxygen atoms in total. The van der Waals surface area contributed by atoms with Gasteiger partial charge >= 0.3 is 18.1 Å². The van der Waals surface area contributed by atoms with Gasteiger partial charge in [-0.1, -0.05) is 0 Å². The molecule has 0 amide bonds. The maximum atomic E-state index is 12.1. The van der Waals surface area contributed by atoms with Gasteiger partial charge in [0.2, 0.25) is 5.78 Å². The van der Waals surface area contributed by atoms with Gasteiger partial charge in [-0.2, -0.15) is 22.0 Å². The highest BCUT2D eigenvalue weighted by Crippen LogP contribution is 2.37. The van der Waals surface area contributed by atoms with E-state index in [2.05, 4.69) is 11.6 Å². The molecule has 0 aliphatic heterocycles. The first kappa shape index (κ1) is 13.1. The summed E-state index contributed by atoms with van der Waals surface area (Å²) in [6.07, 6.45) is -6.15. The van der Waals surface area contributed by atoms with Gasteiger partial charge in [0.1, 0.15) is 0 Å². The summed E-state index contributed by atoms with van der Waals surface area (Å²) in [6.45, 7) is 0. The molecule has 9 heteroatoms. The van der Waals surface area contributed by atoms with Crippen LogP contribution < -0.4 is 0 Å². The van der Waals surface area contributed by atoms with E-state index in [4.69, 9.17) is 5.11 Å². The topological polar surface area (TPSA) is 54.4 Å². The van der Waals surface area contributed by atoms with Gasteiger partial charge in [-0.3, -0.25) is 9.59 Å². The van der Waals surface area contributed by atoms with E-state index in [0.717, 1.165) is 0 Å². The van der Waals surface area contributed by atoms with Crippen LogP contribution in [0.2, 0.25) is 0 Å². The van der Waals surface area contributed by atoms with Crippen LogP contribution in [0.25, 0.3) is 0 Å². The number of hydrogen-bond acceptors (Lipinski definition) is 2. The Morgan fingerprint density at radius 2 is 1.50 bits per heavy atom. The van der Waals surface area contributed by atoms with Crippen molar-refractivity contribution < 1.29 is 36.6 Å². The number of carbonyl (C=O) groups is 2. The number of aliphatic carboxylic acids is 1. The number of carbonyl (C=O) groups excluding carboxylic acids is 1. The van der Waals surface area contributed by atoms with E-state index in [0.29, 0.717) is 0 Å². The zero-order valence-corrected chi connectivity index (χ0v) is 6.86. The molecule has 0 rings (SSSR count). The Morgan fingerprint density at radius 1 is 1.14 bits per heavy atom. The van der Waals surface area contributed by atoms with Crippen LogP contribution in [0.15, 0.2) is 0 Å². The lowest BCUT2D eigenvalue weighted by Gasteiger charge is -2.18. The Kier molecular flexibility index (Phi) is 3.44. The van der Waals surface area contributed by atoms with Crippen molar-refractivity contribution >= 4 is 23.4 Å². The third kappa shape index (κ3) is 2.31. The van der Waals surface area contributed by atoms with Crippen molar-refractivity contribution in [2.24, 2.45) is 0 Å². The van der Waals surface area contributed by atoms with Gasteiger partial charge in [0.05, 0.1) is 0 Å². The van der Waals surface area contributed by atoms with Crippen LogP contribution in [0.4, 0.5) is 22.0 Å². The van der Waals surface area contributed by atoms with Crippen LogP contribution in [-0.2, 0) is 9.59 Å². The molecule has 0 radical (unpaired) electrons. The second-order valence-electron chi connectivity index (χ2n) is 2.14. The SMILES string of the molecule is O=C(O)C(Cl)C(=O)C(F)(F)C(F)(F)F. The summed E-state index contributed by atoms with van der Waals surface area (Å²) in [7, 11) is 0. The van der Waals surface area contributed by atoms with Crippen molar-refractivity contribution in [2.75, 3.05) is 0 Å². The molecule has 0 aromatic rings. The van der Waals surface area contributed by atoms with E-state index >= 15 is 0 Å². The van der Waals surface area contributed by atoms with Crippen LogP contribution in [0, 0.1) is 0 Å². The highest BCUT2D eigenvalue weighted by Gasteiger charge is 2.65. The molecule has 0 saturated heterocycles. The van der Waals surface area contributed by atoms with Gasteiger partial charge in [-0.05, 0) is 0 Å². The number of carboxylic acid groups (broad SMARTS) is 1. The summed E-state index contributed by atoms with van der Waals surface area (Å²) in [5.74, 6) is -10.9. The lowest BCUT2D eigenvalue weighted by Crippen LogP contribution is -2.49. The summed E-state index contributed by atoms with van der Waals surface area (Å²) in [6, 6.07) is 0. The lowest BCUT2D eigenvalue weighted by atomic mass is 10.1. The van der Waals surface area contributed by atoms with Crippen LogP contribution in [0.3, 0.4) is 0 Å². The van der Waals surface area contributed by atoms with Crippen molar-refractivity contribution in [1.29, 1.82) is 0 Å². The van der Waals surface area contributed by atoms with Gasteiger partial charge in [0.15, 0.2) is 5.38 Å². The molecule has 0 heterocycles. The molecule has 0 bridgehead atoms. The second-order valence-corrected chi connectivity index (χ2v) is 2.57. The smallest absolute Gasteiger partial charge is 0.461 e. The minimum absolute atomic E-state index is 2.26. The first-order valence-electron chi connectivity index (χ1n) is 2.87. The predicted molar refractivity (Wildman–Crippen MR) is 33.3 cm³/mol. The van der Waals surface area contributed by atoms with E-state index < -0.39 is 29.2 Å². The quantitative estimate of drug-likeness (QED) is 0.461. The molecule has 0 aliphatic carbocycles. The summed E-state index contributed by atoms with van der Waals surface area (Å²) in [5, 5.41) is 5.00. The fourth-order valence-corrected chi connectivity index (χ4v) is 0.548. The summed E-state index contributed by atoms with van der Waals surface area (Å²) < 4.78 is 58.7. The van der Waals surface area contributed by atoms with Crippen molar-refractivity contribution in [3.8, 4) is 0 Å². The third-order valence-corrected chi connectivity index (χ3v) is 1.50. The van der Waals surface area contributed by atoms with Gasteiger partial charge in [-0.15, -0.1) is 11.6 Å². The summed E-state index contributed by atoms with van der Waals surface area (Å²) >= 11 is 4.53. The largest absolute Gasteiger partial charge is 0.480 e. The van der Waals surface area contributed by atoms with Crippen molar-refractivity contribution in [3.63, 3.8) is 0 Å². The lowest BCUT2D eigenvalue weighted by molar-refractivity contribution is -0.268. The van der Waals surface area contributed by atoms with Crippen molar-refractivity contribution in [3.05, 3.63) is 0 Å². The standard InChI is InChI=1S/C5H2ClF5O3/c6-1(3(13)14)2(12)4(7,8)5(9,10)11/h1H,(H,13,14). The zero-order chi connectivity index (χ0) is 11.7. The van der Waals surface area contributed by atoms with Gasteiger partial charge in [-0.25, -0.2) is 0 Å². The highest BCUT2D eigenvalue weighted by molar-refractivity contribution is 6.41. The fraction of sp³-hybridized carbons (Fsp3) is 0.600. The van der Waals surface area contributed by atoms with Crippen LogP contribution in [-0.4, -0.2) is 34.3 Å². The average Bonchev–Trinajstić information content (AvgIpc) is 1.99. The summed E-state index contributed by atoms with van der Waals surface area (Å²) in [5.41, 5.74) is 0. The molecule has 0 spiro atoms. The predicted octanol–water partition coefficient (Wildman–Crippen LogP) is 1.45. The Balaban J connectivity index is 4.95. The molecule has 1 unspecified atom stereocenters. The van der Waals surface area contributed by atoms with E-state index in [1.807, 2.05) is 0 Å². The summed E-state index contributed by atoms with van der Waals surface area (Å²) in [4.78, 5) is 20.1. The second kappa shape index (κ2) is 3.68. The molecular weight excluding hydrogens is 238 g/mol. The Bertz CT molecular complexity index is 261. The molecule has 1 N–H and O–H groups in total. The Labute approximate surface area is 78.4 Å². The molecule has 1 atom stereocenters. The Hall–Kier alpha value is -0.920. The number of ketones is 1. The highest BCUT2D eigenvalue weighted by atomic mass is 35.5. The minimum Gasteiger partial charge on any atom is -0.480 e. The van der Waals surface area contributed by atoms with Crippen LogP contribution >= 0.6 is 11.6 Å². The van der Waals surface area contributed by atoms with Gasteiger partial charge < -0.3 is 5.11 Å². The maximum Gasteiger partial charge on any atom is 0.461 e. The average molecular weight is 241 g/mol. The molecular formula is C5H2ClF5O3. The normalized spacial score (nSPS) is 15.0. The van der Waals surface area contributed by atoms with E-state index in [9.17, 15) is 31.5 Å². The van der Waals surface area contributed by atoms with Crippen molar-refractivity contribution in [2.45, 2.75) is 17.5 Å². The fourth-order valence-electron chi connectivity index (χ4n) is 0.411. The number of carboxylic acids is 1. The molecule has 0 aromatic carbocycles. The van der Waals surface area contributed by atoms with E-state index in [-0.39, 0.29) is 0 Å². The molecule has 0 aromatic heterocycles. The molecule has 14 heavy (non-hydrogen) atoms. The van der Waals surface area contributed by atoms with Crippen molar-refractivity contribution in [1.82, 2.24) is 0 Å². The number of alkyl halides is 6. The molecule has 0 aliphatic rings. The molecule has 0 fully saturated rings.